The van der Waals surface area contributed by atoms with Crippen LogP contribution >= 0.6 is 0 Å². The molecule has 2 amide bonds. The number of amides is 2. The maximum atomic E-state index is 14.0. The Balaban J connectivity index is 0.00000237. The molecule has 0 spiro atoms. The highest BCUT2D eigenvalue weighted by Crippen LogP contribution is 2.47. The van der Waals surface area contributed by atoms with Gasteiger partial charge in [0.1, 0.15) is 11.9 Å². The van der Waals surface area contributed by atoms with Gasteiger partial charge in [-0.05, 0) is 89.5 Å². The zero-order valence-electron chi connectivity index (χ0n) is 26.6. The van der Waals surface area contributed by atoms with E-state index in [2.05, 4.69) is 24.1 Å². The molecule has 0 aromatic heterocycles. The van der Waals surface area contributed by atoms with E-state index in [0.29, 0.717) is 57.5 Å². The number of rotatable bonds is 9. The Morgan fingerprint density at radius 3 is 2.21 bits per heavy atom. The number of hydrogen-bond donors (Lipinski definition) is 1. The molecule has 3 fully saturated rings. The second kappa shape index (κ2) is 16.4. The van der Waals surface area contributed by atoms with Crippen molar-refractivity contribution >= 4 is 17.8 Å². The summed E-state index contributed by atoms with van der Waals surface area (Å²) in [6.45, 7) is 13.1. The van der Waals surface area contributed by atoms with Crippen LogP contribution in [0.25, 0.3) is 0 Å². The largest absolute Gasteiger partial charge is 0.466 e. The fraction of sp³-hybridized carbons (Fsp3) is 0.735. The van der Waals surface area contributed by atoms with Crippen molar-refractivity contribution in [1.82, 2.24) is 15.1 Å². The molecule has 0 unspecified atom stereocenters. The Morgan fingerprint density at radius 2 is 1.62 bits per heavy atom. The molecule has 2 aliphatic heterocycles. The first-order chi connectivity index (χ1) is 20.2. The molecule has 7 nitrogen and oxygen atoms in total. The zero-order valence-corrected chi connectivity index (χ0v) is 26.6. The molecule has 1 aliphatic carbocycles. The number of benzene rings is 1. The summed E-state index contributed by atoms with van der Waals surface area (Å²) in [5, 5.41) is 3.09. The number of piperidine rings is 2. The van der Waals surface area contributed by atoms with E-state index in [0.717, 1.165) is 50.6 Å². The predicted octanol–water partition coefficient (Wildman–Crippen LogP) is 5.75. The van der Waals surface area contributed by atoms with Crippen LogP contribution in [0, 0.1) is 23.1 Å². The van der Waals surface area contributed by atoms with Gasteiger partial charge in [0.2, 0.25) is 11.8 Å². The van der Waals surface area contributed by atoms with Gasteiger partial charge in [0, 0.05) is 32.1 Å². The number of nitrogens with zero attached hydrogens (tertiary/aromatic N) is 2. The smallest absolute Gasteiger partial charge is 0.312 e. The Morgan fingerprint density at radius 1 is 0.976 bits per heavy atom. The SMILES string of the molecule is CC.CCOC(=O)C1(C2CCCCC2)CCN(C(=O)[C@@H](Cc2ccc(F)cc2)NC(=O)[C@@H]2CCCN(C(C)C)C2)CC1. The summed E-state index contributed by atoms with van der Waals surface area (Å²) in [6.07, 6.45) is 8.78. The standard InChI is InChI=1S/C32H48FN3O4.C2H6/c1-4-40-31(39)32(26-10-6-5-7-11-26)16-19-35(20-17-32)30(38)28(21-24-12-14-27(33)15-13-24)34-29(37)25-9-8-18-36(22-25)23(2)3;1-2/h12-15,23,25-26,28H,4-11,16-22H2,1-3H3,(H,34,37);1-2H3/t25-,28-;/m1./s1. The highest BCUT2D eigenvalue weighted by atomic mass is 19.1. The van der Waals surface area contributed by atoms with Gasteiger partial charge < -0.3 is 19.9 Å². The fourth-order valence-corrected chi connectivity index (χ4v) is 7.09. The van der Waals surface area contributed by atoms with Crippen LogP contribution in [0.4, 0.5) is 4.39 Å². The maximum absolute atomic E-state index is 14.0. The van der Waals surface area contributed by atoms with Crippen molar-refractivity contribution in [3.05, 3.63) is 35.6 Å². The van der Waals surface area contributed by atoms with Crippen molar-refractivity contribution in [3.8, 4) is 0 Å². The minimum atomic E-state index is -0.739. The molecule has 0 radical (unpaired) electrons. The lowest BCUT2D eigenvalue weighted by Gasteiger charge is -2.46. The third kappa shape index (κ3) is 8.55. The zero-order chi connectivity index (χ0) is 30.7. The number of carbonyl (C=O) groups is 3. The van der Waals surface area contributed by atoms with E-state index < -0.39 is 11.5 Å². The molecular weight excluding hydrogens is 533 g/mol. The van der Waals surface area contributed by atoms with Crippen LogP contribution in [0.2, 0.25) is 0 Å². The highest BCUT2D eigenvalue weighted by Gasteiger charge is 2.49. The summed E-state index contributed by atoms with van der Waals surface area (Å²) >= 11 is 0. The van der Waals surface area contributed by atoms with Crippen LogP contribution in [0.3, 0.4) is 0 Å². The van der Waals surface area contributed by atoms with Gasteiger partial charge in [0.15, 0.2) is 0 Å². The normalized spacial score (nSPS) is 22.1. The van der Waals surface area contributed by atoms with Crippen LogP contribution in [0.1, 0.15) is 98.0 Å². The van der Waals surface area contributed by atoms with Gasteiger partial charge >= 0.3 is 5.97 Å². The number of esters is 1. The predicted molar refractivity (Wildman–Crippen MR) is 164 cm³/mol. The first kappa shape index (κ1) is 34.0. The van der Waals surface area contributed by atoms with Crippen molar-refractivity contribution < 1.29 is 23.5 Å². The van der Waals surface area contributed by atoms with E-state index in [1.54, 1.807) is 12.1 Å². The van der Waals surface area contributed by atoms with Gasteiger partial charge in [0.05, 0.1) is 17.9 Å². The Bertz CT molecular complexity index is 1000. The van der Waals surface area contributed by atoms with Crippen molar-refractivity contribution in [3.63, 3.8) is 0 Å². The summed E-state index contributed by atoms with van der Waals surface area (Å²) in [6, 6.07) is 5.75. The van der Waals surface area contributed by atoms with Crippen LogP contribution in [0.15, 0.2) is 24.3 Å². The first-order valence-electron chi connectivity index (χ1n) is 16.5. The average molecular weight is 588 g/mol. The van der Waals surface area contributed by atoms with Crippen molar-refractivity contribution in [2.45, 2.75) is 111 Å². The molecule has 8 heteroatoms. The van der Waals surface area contributed by atoms with Crippen molar-refractivity contribution in [2.75, 3.05) is 32.8 Å². The maximum Gasteiger partial charge on any atom is 0.312 e. The average Bonchev–Trinajstić information content (AvgIpc) is 3.03. The summed E-state index contributed by atoms with van der Waals surface area (Å²) in [7, 11) is 0. The molecule has 2 heterocycles. The monoisotopic (exact) mass is 587 g/mol. The summed E-state index contributed by atoms with van der Waals surface area (Å²) in [4.78, 5) is 44.8. The van der Waals surface area contributed by atoms with E-state index >= 15 is 0 Å². The molecule has 3 aliphatic rings. The third-order valence-electron chi connectivity index (χ3n) is 9.56. The van der Waals surface area contributed by atoms with E-state index in [1.807, 2.05) is 25.7 Å². The third-order valence-corrected chi connectivity index (χ3v) is 9.56. The Labute approximate surface area is 252 Å². The molecule has 2 atom stereocenters. The van der Waals surface area contributed by atoms with Crippen molar-refractivity contribution in [2.24, 2.45) is 17.3 Å². The van der Waals surface area contributed by atoms with E-state index in [9.17, 15) is 18.8 Å². The molecular formula is C34H54FN3O4. The lowest BCUT2D eigenvalue weighted by molar-refractivity contribution is -0.166. The molecule has 0 bridgehead atoms. The van der Waals surface area contributed by atoms with Gasteiger partial charge in [-0.25, -0.2) is 4.39 Å². The molecule has 42 heavy (non-hydrogen) atoms. The number of halogens is 1. The lowest BCUT2D eigenvalue weighted by atomic mass is 9.63. The molecule has 1 aromatic carbocycles. The van der Waals surface area contributed by atoms with Crippen molar-refractivity contribution in [1.29, 1.82) is 0 Å². The lowest BCUT2D eigenvalue weighted by Crippen LogP contribution is -2.57. The molecule has 1 aromatic rings. The molecule has 2 saturated heterocycles. The number of carbonyl (C=O) groups excluding carboxylic acids is 3. The van der Waals surface area contributed by atoms with Crippen LogP contribution < -0.4 is 5.32 Å². The van der Waals surface area contributed by atoms with Gasteiger partial charge in [-0.3, -0.25) is 14.4 Å². The van der Waals surface area contributed by atoms with Crippen LogP contribution in [0.5, 0.6) is 0 Å². The number of hydrogen-bond acceptors (Lipinski definition) is 5. The topological polar surface area (TPSA) is 79.0 Å². The minimum absolute atomic E-state index is 0.0918. The Hall–Kier alpha value is -2.48. The van der Waals surface area contributed by atoms with Crippen LogP contribution in [-0.2, 0) is 25.5 Å². The van der Waals surface area contributed by atoms with Gasteiger partial charge in [0.25, 0.3) is 0 Å². The second-order valence-electron chi connectivity index (χ2n) is 12.4. The van der Waals surface area contributed by atoms with Gasteiger partial charge in [-0.2, -0.15) is 0 Å². The minimum Gasteiger partial charge on any atom is -0.466 e. The second-order valence-corrected chi connectivity index (χ2v) is 12.4. The molecule has 236 valence electrons. The first-order valence-corrected chi connectivity index (χ1v) is 16.5. The van der Waals surface area contributed by atoms with E-state index in [1.165, 1.54) is 18.6 Å². The fourth-order valence-electron chi connectivity index (χ4n) is 7.09. The molecule has 4 rings (SSSR count). The summed E-state index contributed by atoms with van der Waals surface area (Å²) in [5.41, 5.74) is 0.262. The molecule has 1 saturated carbocycles. The number of ether oxygens (including phenoxy) is 1. The summed E-state index contributed by atoms with van der Waals surface area (Å²) < 4.78 is 19.2. The number of nitrogens with one attached hydrogen (secondary N) is 1. The Kier molecular flexibility index (Phi) is 13.3. The summed E-state index contributed by atoms with van der Waals surface area (Å²) in [5.74, 6) is -0.537. The number of likely N-dealkylation sites (tertiary alicyclic amines) is 2. The van der Waals surface area contributed by atoms with Gasteiger partial charge in [-0.1, -0.05) is 45.2 Å². The van der Waals surface area contributed by atoms with Gasteiger partial charge in [-0.15, -0.1) is 0 Å². The van der Waals surface area contributed by atoms with E-state index in [-0.39, 0.29) is 29.5 Å². The molecule has 1 N–H and O–H groups in total. The quantitative estimate of drug-likeness (QED) is 0.372. The highest BCUT2D eigenvalue weighted by molar-refractivity contribution is 5.89. The van der Waals surface area contributed by atoms with Crippen LogP contribution in [-0.4, -0.2) is 72.5 Å². The van der Waals surface area contributed by atoms with E-state index in [4.69, 9.17) is 4.74 Å².